The van der Waals surface area contributed by atoms with Crippen molar-refractivity contribution in [2.45, 2.75) is 43.0 Å². The summed E-state index contributed by atoms with van der Waals surface area (Å²) in [6, 6.07) is 4.59. The molecule has 0 unspecified atom stereocenters. The topological polar surface area (TPSA) is 63.4 Å². The van der Waals surface area contributed by atoms with Crippen molar-refractivity contribution in [1.29, 1.82) is 0 Å². The minimum absolute atomic E-state index is 0.0763. The van der Waals surface area contributed by atoms with E-state index in [9.17, 15) is 8.42 Å². The second kappa shape index (κ2) is 5.69. The number of nitrogens with two attached hydrogens (primary N) is 1. The number of hydrogen-bond acceptors (Lipinski definition) is 3. The molecule has 6 heteroatoms. The Hall–Kier alpha value is -0.780. The minimum Gasteiger partial charge on any atom is -0.399 e. The summed E-state index contributed by atoms with van der Waals surface area (Å²) in [5, 5.41) is 0.183. The second-order valence-corrected chi connectivity index (χ2v) is 7.38. The molecule has 0 bridgehead atoms. The average Bonchev–Trinajstić information content (AvgIpc) is 2.38. The summed E-state index contributed by atoms with van der Waals surface area (Å²) in [6.07, 6.45) is 5.19. The van der Waals surface area contributed by atoms with E-state index in [-0.39, 0.29) is 16.0 Å². The number of sulfonamides is 1. The van der Waals surface area contributed by atoms with E-state index in [1.807, 2.05) is 0 Å². The maximum Gasteiger partial charge on any atom is 0.244 e. The van der Waals surface area contributed by atoms with Gasteiger partial charge in [0.25, 0.3) is 0 Å². The molecule has 0 saturated heterocycles. The van der Waals surface area contributed by atoms with E-state index < -0.39 is 10.0 Å². The van der Waals surface area contributed by atoms with Crippen LogP contribution in [0.5, 0.6) is 0 Å². The van der Waals surface area contributed by atoms with E-state index in [0.717, 1.165) is 25.7 Å². The zero-order chi connectivity index (χ0) is 14.0. The van der Waals surface area contributed by atoms with Crippen LogP contribution >= 0.6 is 11.6 Å². The van der Waals surface area contributed by atoms with Crippen LogP contribution in [0.2, 0.25) is 5.02 Å². The SMILES string of the molecule is CN(C1CCCCC1)S(=O)(=O)c1ccc(N)cc1Cl. The first-order valence-corrected chi connectivity index (χ1v) is 8.28. The zero-order valence-corrected chi connectivity index (χ0v) is 12.5. The van der Waals surface area contributed by atoms with Crippen LogP contribution in [-0.2, 0) is 10.0 Å². The molecule has 0 heterocycles. The maximum absolute atomic E-state index is 12.6. The predicted molar refractivity (Wildman–Crippen MR) is 77.7 cm³/mol. The fourth-order valence-electron chi connectivity index (χ4n) is 2.52. The van der Waals surface area contributed by atoms with Crippen molar-refractivity contribution in [3.8, 4) is 0 Å². The van der Waals surface area contributed by atoms with Crippen molar-refractivity contribution in [1.82, 2.24) is 4.31 Å². The summed E-state index contributed by atoms with van der Waals surface area (Å²) in [4.78, 5) is 0.136. The van der Waals surface area contributed by atoms with Gasteiger partial charge in [0, 0.05) is 18.8 Å². The Bertz CT molecular complexity index is 554. The third-order valence-electron chi connectivity index (χ3n) is 3.70. The lowest BCUT2D eigenvalue weighted by atomic mass is 9.96. The van der Waals surface area contributed by atoms with Gasteiger partial charge in [-0.15, -0.1) is 0 Å². The third-order valence-corrected chi connectivity index (χ3v) is 6.09. The van der Waals surface area contributed by atoms with Gasteiger partial charge in [0.2, 0.25) is 10.0 Å². The molecule has 0 spiro atoms. The Morgan fingerprint density at radius 2 is 1.89 bits per heavy atom. The van der Waals surface area contributed by atoms with Crippen LogP contribution in [0.4, 0.5) is 5.69 Å². The van der Waals surface area contributed by atoms with Gasteiger partial charge in [-0.1, -0.05) is 30.9 Å². The molecule has 1 saturated carbocycles. The highest BCUT2D eigenvalue weighted by Crippen LogP contribution is 2.30. The number of rotatable bonds is 3. The number of anilines is 1. The molecule has 0 amide bonds. The van der Waals surface area contributed by atoms with E-state index in [1.54, 1.807) is 13.1 Å². The van der Waals surface area contributed by atoms with Crippen molar-refractivity contribution in [2.24, 2.45) is 0 Å². The van der Waals surface area contributed by atoms with Crippen molar-refractivity contribution in [2.75, 3.05) is 12.8 Å². The average molecular weight is 303 g/mol. The van der Waals surface area contributed by atoms with Crippen LogP contribution in [0, 0.1) is 0 Å². The highest BCUT2D eigenvalue weighted by Gasteiger charge is 2.30. The first kappa shape index (κ1) is 14.6. The number of nitrogens with zero attached hydrogens (tertiary/aromatic N) is 1. The summed E-state index contributed by atoms with van der Waals surface area (Å²) in [7, 11) is -1.90. The largest absolute Gasteiger partial charge is 0.399 e. The lowest BCUT2D eigenvalue weighted by Crippen LogP contribution is -2.38. The van der Waals surface area contributed by atoms with Crippen LogP contribution in [0.3, 0.4) is 0 Å². The van der Waals surface area contributed by atoms with Gasteiger partial charge < -0.3 is 5.73 Å². The molecule has 106 valence electrons. The molecular weight excluding hydrogens is 284 g/mol. The monoisotopic (exact) mass is 302 g/mol. The smallest absolute Gasteiger partial charge is 0.244 e. The van der Waals surface area contributed by atoms with Gasteiger partial charge in [0.1, 0.15) is 4.90 Å². The Balaban J connectivity index is 2.30. The number of halogens is 1. The number of benzene rings is 1. The zero-order valence-electron chi connectivity index (χ0n) is 11.0. The Morgan fingerprint density at radius 1 is 1.26 bits per heavy atom. The van der Waals surface area contributed by atoms with Crippen LogP contribution in [0.1, 0.15) is 32.1 Å². The summed E-state index contributed by atoms with van der Waals surface area (Å²) >= 11 is 6.01. The van der Waals surface area contributed by atoms with Crippen molar-refractivity contribution < 1.29 is 8.42 Å². The number of nitrogen functional groups attached to an aromatic ring is 1. The van der Waals surface area contributed by atoms with Gasteiger partial charge in [-0.2, -0.15) is 4.31 Å². The van der Waals surface area contributed by atoms with E-state index in [2.05, 4.69) is 0 Å². The van der Waals surface area contributed by atoms with E-state index >= 15 is 0 Å². The predicted octanol–water partition coefficient (Wildman–Crippen LogP) is 2.88. The van der Waals surface area contributed by atoms with Crippen molar-refractivity contribution >= 4 is 27.3 Å². The lowest BCUT2D eigenvalue weighted by molar-refractivity contribution is 0.286. The van der Waals surface area contributed by atoms with Gasteiger partial charge in [-0.3, -0.25) is 0 Å². The molecule has 2 rings (SSSR count). The molecule has 0 radical (unpaired) electrons. The molecule has 0 atom stereocenters. The highest BCUT2D eigenvalue weighted by atomic mass is 35.5. The Kier molecular flexibility index (Phi) is 4.38. The molecule has 2 N–H and O–H groups in total. The van der Waals surface area contributed by atoms with E-state index in [4.69, 9.17) is 17.3 Å². The third kappa shape index (κ3) is 3.04. The molecule has 1 aromatic rings. The maximum atomic E-state index is 12.6. The fourth-order valence-corrected chi connectivity index (χ4v) is 4.46. The van der Waals surface area contributed by atoms with Crippen molar-refractivity contribution in [3.63, 3.8) is 0 Å². The molecule has 4 nitrogen and oxygen atoms in total. The van der Waals surface area contributed by atoms with Gasteiger partial charge in [0.05, 0.1) is 5.02 Å². The minimum atomic E-state index is -3.54. The molecule has 1 fully saturated rings. The highest BCUT2D eigenvalue weighted by molar-refractivity contribution is 7.89. The Labute approximate surface area is 119 Å². The number of hydrogen-bond donors (Lipinski definition) is 1. The molecule has 1 aliphatic carbocycles. The normalized spacial score (nSPS) is 17.8. The molecular formula is C13H19ClN2O2S. The van der Waals surface area contributed by atoms with Crippen LogP contribution < -0.4 is 5.73 Å². The second-order valence-electron chi connectivity index (χ2n) is 5.00. The van der Waals surface area contributed by atoms with Gasteiger partial charge in [0.15, 0.2) is 0 Å². The molecule has 1 aliphatic rings. The first-order valence-electron chi connectivity index (χ1n) is 6.46. The van der Waals surface area contributed by atoms with E-state index in [0.29, 0.717) is 5.69 Å². The van der Waals surface area contributed by atoms with Crippen LogP contribution in [0.15, 0.2) is 23.1 Å². The summed E-state index contributed by atoms with van der Waals surface area (Å²) in [5.41, 5.74) is 6.06. The standard InChI is InChI=1S/C13H19ClN2O2S/c1-16(11-5-3-2-4-6-11)19(17,18)13-8-7-10(15)9-12(13)14/h7-9,11H,2-6,15H2,1H3. The summed E-state index contributed by atoms with van der Waals surface area (Å²) in [5.74, 6) is 0. The molecule has 0 aliphatic heterocycles. The molecule has 0 aromatic heterocycles. The van der Waals surface area contributed by atoms with Gasteiger partial charge in [-0.25, -0.2) is 8.42 Å². The van der Waals surface area contributed by atoms with Crippen LogP contribution in [-0.4, -0.2) is 25.8 Å². The lowest BCUT2D eigenvalue weighted by Gasteiger charge is -2.30. The molecule has 1 aromatic carbocycles. The van der Waals surface area contributed by atoms with Crippen LogP contribution in [0.25, 0.3) is 0 Å². The summed E-state index contributed by atoms with van der Waals surface area (Å²) < 4.78 is 26.6. The van der Waals surface area contributed by atoms with Crippen molar-refractivity contribution in [3.05, 3.63) is 23.2 Å². The van der Waals surface area contributed by atoms with Gasteiger partial charge >= 0.3 is 0 Å². The fraction of sp³-hybridized carbons (Fsp3) is 0.538. The Morgan fingerprint density at radius 3 is 2.47 bits per heavy atom. The first-order chi connectivity index (χ1) is 8.93. The molecule has 19 heavy (non-hydrogen) atoms. The quantitative estimate of drug-likeness (QED) is 0.873. The van der Waals surface area contributed by atoms with E-state index in [1.165, 1.54) is 22.9 Å². The summed E-state index contributed by atoms with van der Waals surface area (Å²) in [6.45, 7) is 0. The van der Waals surface area contributed by atoms with Gasteiger partial charge in [-0.05, 0) is 31.0 Å².